The molecule has 3 aromatic rings. The maximum atomic E-state index is 12.4. The smallest absolute Gasteiger partial charge is 0.222 e. The van der Waals surface area contributed by atoms with Crippen LogP contribution in [0.1, 0.15) is 37.7 Å². The quantitative estimate of drug-likeness (QED) is 0.561. The highest BCUT2D eigenvalue weighted by Crippen LogP contribution is 2.33. The van der Waals surface area contributed by atoms with Gasteiger partial charge in [-0.2, -0.15) is 0 Å². The summed E-state index contributed by atoms with van der Waals surface area (Å²) < 4.78 is 11.5. The van der Waals surface area contributed by atoms with Crippen molar-refractivity contribution in [2.75, 3.05) is 46.2 Å². The Hall–Kier alpha value is -3.33. The Bertz CT molecular complexity index is 1120. The number of rotatable bonds is 1. The minimum atomic E-state index is 0.205. The van der Waals surface area contributed by atoms with Gasteiger partial charge >= 0.3 is 0 Å². The number of hydrogen-bond acceptors (Lipinski definition) is 7. The van der Waals surface area contributed by atoms with Crippen LogP contribution in [0.3, 0.4) is 0 Å². The van der Waals surface area contributed by atoms with Gasteiger partial charge in [-0.3, -0.25) is 4.79 Å². The number of anilines is 2. The van der Waals surface area contributed by atoms with E-state index in [1.54, 1.807) is 13.4 Å². The molecule has 1 aliphatic rings. The van der Waals surface area contributed by atoms with E-state index >= 15 is 0 Å². The van der Waals surface area contributed by atoms with Crippen LogP contribution in [0.25, 0.3) is 11.0 Å². The Balaban J connectivity index is 1.62. The lowest BCUT2D eigenvalue weighted by atomic mass is 10.2. The molecule has 2 aromatic heterocycles. The summed E-state index contributed by atoms with van der Waals surface area (Å²) in [4.78, 5) is 28.7. The van der Waals surface area contributed by atoms with E-state index in [0.717, 1.165) is 73.4 Å². The summed E-state index contributed by atoms with van der Waals surface area (Å²) in [6.45, 7) is 2.96. The number of aromatic amines is 1. The van der Waals surface area contributed by atoms with Crippen molar-refractivity contribution >= 4 is 28.4 Å². The van der Waals surface area contributed by atoms with Crippen LogP contribution in [0.15, 0.2) is 30.7 Å². The molecule has 0 saturated carbocycles. The number of amides is 1. The first-order valence-corrected chi connectivity index (χ1v) is 11.9. The van der Waals surface area contributed by atoms with Gasteiger partial charge in [0.05, 0.1) is 19.1 Å². The number of carbonyl (C=O) groups is 1. The molecule has 0 saturated heterocycles. The predicted molar refractivity (Wildman–Crippen MR) is 133 cm³/mol. The van der Waals surface area contributed by atoms with Crippen molar-refractivity contribution in [3.8, 4) is 11.5 Å². The van der Waals surface area contributed by atoms with Gasteiger partial charge in [0.1, 0.15) is 17.8 Å². The average molecular weight is 467 g/mol. The highest BCUT2D eigenvalue weighted by molar-refractivity contribution is 5.92. The first-order chi connectivity index (χ1) is 16.5. The fourth-order valence-electron chi connectivity index (χ4n) is 4.25. The zero-order chi connectivity index (χ0) is 23.9. The summed E-state index contributed by atoms with van der Waals surface area (Å²) in [5.41, 5.74) is 2.77. The summed E-state index contributed by atoms with van der Waals surface area (Å²) in [5.74, 6) is 2.31. The third-order valence-corrected chi connectivity index (χ3v) is 6.17. The van der Waals surface area contributed by atoms with Crippen LogP contribution in [0.5, 0.6) is 11.5 Å². The topological polar surface area (TPSA) is 95.6 Å². The average Bonchev–Trinajstić information content (AvgIpc) is 3.24. The molecule has 182 valence electrons. The van der Waals surface area contributed by atoms with E-state index < -0.39 is 0 Å². The molecule has 0 fully saturated rings. The third-order valence-electron chi connectivity index (χ3n) is 6.17. The van der Waals surface area contributed by atoms with E-state index in [0.29, 0.717) is 24.5 Å². The lowest BCUT2D eigenvalue weighted by Gasteiger charge is -2.21. The largest absolute Gasteiger partial charge is 0.493 e. The van der Waals surface area contributed by atoms with Gasteiger partial charge in [-0.25, -0.2) is 9.97 Å². The first-order valence-electron chi connectivity index (χ1n) is 11.9. The van der Waals surface area contributed by atoms with Crippen molar-refractivity contribution in [1.29, 1.82) is 0 Å². The number of nitrogens with zero attached hydrogens (tertiary/aromatic N) is 4. The Labute approximate surface area is 200 Å². The highest BCUT2D eigenvalue weighted by Gasteiger charge is 2.15. The van der Waals surface area contributed by atoms with Crippen LogP contribution < -0.4 is 14.8 Å². The van der Waals surface area contributed by atoms with E-state index in [9.17, 15) is 4.79 Å². The van der Waals surface area contributed by atoms with Crippen molar-refractivity contribution in [3.05, 3.63) is 36.3 Å². The SMILES string of the molecule is COc1ccc2cc1OCCCCCC(=O)N(C)CCCN(C)Cc1c[nH]c3ncnc(c13)N2. The van der Waals surface area contributed by atoms with Crippen molar-refractivity contribution < 1.29 is 14.3 Å². The van der Waals surface area contributed by atoms with Crippen molar-refractivity contribution in [1.82, 2.24) is 24.8 Å². The summed E-state index contributed by atoms with van der Waals surface area (Å²) in [5, 5.41) is 4.41. The molecular formula is C25H34N6O3. The monoisotopic (exact) mass is 466 g/mol. The second-order valence-corrected chi connectivity index (χ2v) is 8.82. The van der Waals surface area contributed by atoms with Gasteiger partial charge < -0.3 is 29.6 Å². The summed E-state index contributed by atoms with van der Waals surface area (Å²) in [6.07, 6.45) is 7.73. The van der Waals surface area contributed by atoms with Gasteiger partial charge in [-0.15, -0.1) is 0 Å². The lowest BCUT2D eigenvalue weighted by Crippen LogP contribution is -2.30. The van der Waals surface area contributed by atoms with Gasteiger partial charge in [0, 0.05) is 44.5 Å². The van der Waals surface area contributed by atoms with E-state index in [2.05, 4.69) is 32.2 Å². The van der Waals surface area contributed by atoms with Crippen LogP contribution in [0, 0.1) is 0 Å². The van der Waals surface area contributed by atoms with Gasteiger partial charge in [0.25, 0.3) is 0 Å². The molecule has 3 heterocycles. The minimum absolute atomic E-state index is 0.205. The molecule has 4 rings (SSSR count). The Morgan fingerprint density at radius 1 is 1.09 bits per heavy atom. The number of H-pyrrole nitrogens is 1. The van der Waals surface area contributed by atoms with E-state index in [1.165, 1.54) is 0 Å². The molecule has 1 amide bonds. The Morgan fingerprint density at radius 2 is 1.97 bits per heavy atom. The number of aromatic nitrogens is 3. The minimum Gasteiger partial charge on any atom is -0.493 e. The standard InChI is InChI=1S/C25H34N6O3/c1-30-11-7-12-31(2)22(32)8-5-4-6-13-34-21-14-19(9-10-20(21)33-3)29-25-23-18(16-30)15-26-24(23)27-17-28-25/h9-10,14-15,17H,4-8,11-13,16H2,1-3H3,(H2,26,27,28,29). The highest BCUT2D eigenvalue weighted by atomic mass is 16.5. The zero-order valence-electron chi connectivity index (χ0n) is 20.3. The van der Waals surface area contributed by atoms with Crippen molar-refractivity contribution in [3.63, 3.8) is 0 Å². The summed E-state index contributed by atoms with van der Waals surface area (Å²) in [6, 6.07) is 5.77. The van der Waals surface area contributed by atoms with Crippen LogP contribution in [-0.4, -0.2) is 71.6 Å². The molecule has 34 heavy (non-hydrogen) atoms. The zero-order valence-corrected chi connectivity index (χ0v) is 20.3. The summed E-state index contributed by atoms with van der Waals surface area (Å²) in [7, 11) is 5.63. The predicted octanol–water partition coefficient (Wildman–Crippen LogP) is 3.94. The molecular weight excluding hydrogens is 432 g/mol. The molecule has 0 unspecified atom stereocenters. The number of ether oxygens (including phenoxy) is 2. The van der Waals surface area contributed by atoms with Crippen LogP contribution in [0.2, 0.25) is 0 Å². The van der Waals surface area contributed by atoms with Crippen LogP contribution >= 0.6 is 0 Å². The number of fused-ring (bicyclic) bond motifs is 2. The molecule has 0 aliphatic carbocycles. The van der Waals surface area contributed by atoms with Crippen molar-refractivity contribution in [2.24, 2.45) is 0 Å². The molecule has 0 radical (unpaired) electrons. The molecule has 9 nitrogen and oxygen atoms in total. The number of hydrogen-bond donors (Lipinski definition) is 2. The number of benzene rings is 1. The maximum Gasteiger partial charge on any atom is 0.222 e. The molecule has 2 bridgehead atoms. The molecule has 0 spiro atoms. The molecule has 1 aromatic carbocycles. The van der Waals surface area contributed by atoms with Crippen molar-refractivity contribution in [2.45, 2.75) is 38.6 Å². The molecule has 2 N–H and O–H groups in total. The van der Waals surface area contributed by atoms with E-state index in [1.807, 2.05) is 36.3 Å². The molecule has 0 atom stereocenters. The number of carbonyl (C=O) groups excluding carboxylic acids is 1. The Kier molecular flexibility index (Phi) is 7.84. The van der Waals surface area contributed by atoms with Crippen LogP contribution in [0.4, 0.5) is 11.5 Å². The number of nitrogens with one attached hydrogen (secondary N) is 2. The van der Waals surface area contributed by atoms with E-state index in [-0.39, 0.29) is 5.91 Å². The van der Waals surface area contributed by atoms with Crippen LogP contribution in [-0.2, 0) is 11.3 Å². The molecule has 1 aliphatic heterocycles. The van der Waals surface area contributed by atoms with Gasteiger partial charge in [0.2, 0.25) is 5.91 Å². The fourth-order valence-corrected chi connectivity index (χ4v) is 4.25. The summed E-state index contributed by atoms with van der Waals surface area (Å²) >= 11 is 0. The van der Waals surface area contributed by atoms with Gasteiger partial charge in [0.15, 0.2) is 11.5 Å². The second kappa shape index (κ2) is 11.2. The van der Waals surface area contributed by atoms with Gasteiger partial charge in [-0.05, 0) is 57.0 Å². The molecule has 9 heteroatoms. The van der Waals surface area contributed by atoms with Gasteiger partial charge in [-0.1, -0.05) is 0 Å². The second-order valence-electron chi connectivity index (χ2n) is 8.82. The number of methoxy groups -OCH3 is 1. The fraction of sp³-hybridized carbons (Fsp3) is 0.480. The normalized spacial score (nSPS) is 17.1. The van der Waals surface area contributed by atoms with E-state index in [4.69, 9.17) is 9.47 Å². The third kappa shape index (κ3) is 5.77. The maximum absolute atomic E-state index is 12.4. The lowest BCUT2D eigenvalue weighted by molar-refractivity contribution is -0.130. The Morgan fingerprint density at radius 3 is 2.82 bits per heavy atom. The first kappa shape index (κ1) is 23.8.